The molecule has 0 aliphatic rings. The Morgan fingerprint density at radius 2 is 1.88 bits per heavy atom. The molecule has 5 heteroatoms. The van der Waals surface area contributed by atoms with Gasteiger partial charge in [0.25, 0.3) is 5.91 Å². The summed E-state index contributed by atoms with van der Waals surface area (Å²) in [6.45, 7) is 4.19. The fourth-order valence-corrected chi connectivity index (χ4v) is 2.39. The first-order chi connectivity index (χ1) is 11.5. The van der Waals surface area contributed by atoms with Crippen LogP contribution >= 0.6 is 11.6 Å². The first-order valence-corrected chi connectivity index (χ1v) is 8.26. The Kier molecular flexibility index (Phi) is 6.64. The lowest BCUT2D eigenvalue weighted by molar-refractivity contribution is -0.127. The molecule has 0 spiro atoms. The van der Waals surface area contributed by atoms with Crippen LogP contribution in [0.1, 0.15) is 23.6 Å². The number of aliphatic hydroxyl groups is 1. The van der Waals surface area contributed by atoms with Crippen LogP contribution in [0.3, 0.4) is 0 Å². The van der Waals surface area contributed by atoms with Crippen molar-refractivity contribution in [1.29, 1.82) is 0 Å². The van der Waals surface area contributed by atoms with Crippen LogP contribution in [0.2, 0.25) is 5.02 Å². The summed E-state index contributed by atoms with van der Waals surface area (Å²) in [6.07, 6.45) is 0.0936. The molecule has 0 radical (unpaired) electrons. The number of rotatable bonds is 7. The van der Waals surface area contributed by atoms with Crippen molar-refractivity contribution >= 4 is 17.5 Å². The number of hydrogen-bond acceptors (Lipinski definition) is 3. The molecule has 4 nitrogen and oxygen atoms in total. The monoisotopic (exact) mass is 347 g/mol. The van der Waals surface area contributed by atoms with Gasteiger partial charge in [-0.3, -0.25) is 4.79 Å². The van der Waals surface area contributed by atoms with E-state index in [0.717, 1.165) is 23.1 Å². The van der Waals surface area contributed by atoms with Gasteiger partial charge in [-0.15, -0.1) is 0 Å². The van der Waals surface area contributed by atoms with Gasteiger partial charge in [-0.05, 0) is 49.1 Å². The fraction of sp³-hybridized carbons (Fsp3) is 0.316. The second-order valence-electron chi connectivity index (χ2n) is 5.71. The van der Waals surface area contributed by atoms with Crippen molar-refractivity contribution in [3.8, 4) is 5.75 Å². The van der Waals surface area contributed by atoms with Crippen LogP contribution in [0.15, 0.2) is 42.5 Å². The number of aryl methyl sites for hydroxylation is 1. The summed E-state index contributed by atoms with van der Waals surface area (Å²) in [5, 5.41) is 12.4. The lowest BCUT2D eigenvalue weighted by atomic mass is 10.1. The van der Waals surface area contributed by atoms with Gasteiger partial charge in [-0.25, -0.2) is 0 Å². The van der Waals surface area contributed by atoms with Crippen LogP contribution in [0.5, 0.6) is 5.75 Å². The van der Waals surface area contributed by atoms with Gasteiger partial charge >= 0.3 is 0 Å². The molecule has 24 heavy (non-hydrogen) atoms. The summed E-state index contributed by atoms with van der Waals surface area (Å²) in [7, 11) is 0. The van der Waals surface area contributed by atoms with E-state index in [0.29, 0.717) is 17.3 Å². The summed E-state index contributed by atoms with van der Waals surface area (Å²) in [5.74, 6) is 0.332. The average Bonchev–Trinajstić information content (AvgIpc) is 2.58. The van der Waals surface area contributed by atoms with Crippen LogP contribution in [0, 0.1) is 6.92 Å². The first-order valence-electron chi connectivity index (χ1n) is 7.89. The van der Waals surface area contributed by atoms with Gasteiger partial charge in [0.2, 0.25) is 0 Å². The molecule has 2 N–H and O–H groups in total. The minimum absolute atomic E-state index is 0.0351. The zero-order chi connectivity index (χ0) is 17.5. The molecule has 0 fully saturated rings. The summed E-state index contributed by atoms with van der Waals surface area (Å²) in [5.41, 5.74) is 3.00. The van der Waals surface area contributed by atoms with Gasteiger partial charge in [0.05, 0.1) is 11.6 Å². The van der Waals surface area contributed by atoms with Crippen LogP contribution in [0.4, 0.5) is 0 Å². The van der Waals surface area contributed by atoms with Gasteiger partial charge in [-0.2, -0.15) is 0 Å². The molecule has 2 aromatic carbocycles. The number of ether oxygens (including phenoxy) is 1. The Morgan fingerprint density at radius 3 is 2.54 bits per heavy atom. The Bertz CT molecular complexity index is 686. The average molecular weight is 348 g/mol. The number of carbonyl (C=O) groups is 1. The molecule has 0 saturated carbocycles. The number of hydrogen-bond donors (Lipinski definition) is 2. The Labute approximate surface area is 147 Å². The maximum atomic E-state index is 12.1. The highest BCUT2D eigenvalue weighted by atomic mass is 35.5. The third-order valence-corrected chi connectivity index (χ3v) is 3.99. The predicted octanol–water partition coefficient (Wildman–Crippen LogP) is 3.27. The van der Waals surface area contributed by atoms with E-state index >= 15 is 0 Å². The molecule has 1 atom stereocenters. The summed E-state index contributed by atoms with van der Waals surface area (Å²) >= 11 is 6.08. The van der Waals surface area contributed by atoms with E-state index in [4.69, 9.17) is 21.4 Å². The van der Waals surface area contributed by atoms with E-state index in [1.807, 2.05) is 43.3 Å². The highest BCUT2D eigenvalue weighted by Crippen LogP contribution is 2.26. The van der Waals surface area contributed by atoms with Gasteiger partial charge in [0, 0.05) is 6.54 Å². The largest absolute Gasteiger partial charge is 0.479 e. The highest BCUT2D eigenvalue weighted by molar-refractivity contribution is 6.32. The van der Waals surface area contributed by atoms with Crippen LogP contribution in [0.25, 0.3) is 0 Å². The molecule has 128 valence electrons. The van der Waals surface area contributed by atoms with Gasteiger partial charge < -0.3 is 15.2 Å². The topological polar surface area (TPSA) is 58.6 Å². The van der Waals surface area contributed by atoms with Crippen LogP contribution in [-0.4, -0.2) is 23.7 Å². The SMILES string of the molecule is Cc1ccc(Cl)c(OC(C)C(=O)NCCc2ccc(CO)cc2)c1. The van der Waals surface area contributed by atoms with E-state index in [1.165, 1.54) is 0 Å². The number of aliphatic hydroxyl groups excluding tert-OH is 1. The molecular weight excluding hydrogens is 326 g/mol. The molecule has 0 saturated heterocycles. The molecular formula is C19H22ClNO3. The smallest absolute Gasteiger partial charge is 0.260 e. The van der Waals surface area contributed by atoms with Crippen molar-refractivity contribution in [2.45, 2.75) is 33.0 Å². The third-order valence-electron chi connectivity index (χ3n) is 3.68. The fourth-order valence-electron chi connectivity index (χ4n) is 2.23. The molecule has 0 bridgehead atoms. The first kappa shape index (κ1) is 18.3. The zero-order valence-corrected chi connectivity index (χ0v) is 14.6. The second kappa shape index (κ2) is 8.71. The molecule has 0 heterocycles. The van der Waals surface area contributed by atoms with E-state index < -0.39 is 6.10 Å². The van der Waals surface area contributed by atoms with E-state index in [-0.39, 0.29) is 12.5 Å². The predicted molar refractivity (Wildman–Crippen MR) is 95.4 cm³/mol. The summed E-state index contributed by atoms with van der Waals surface area (Å²) in [4.78, 5) is 12.1. The second-order valence-corrected chi connectivity index (χ2v) is 6.12. The van der Waals surface area contributed by atoms with Crippen molar-refractivity contribution in [1.82, 2.24) is 5.32 Å². The molecule has 2 aromatic rings. The highest BCUT2D eigenvalue weighted by Gasteiger charge is 2.15. The maximum Gasteiger partial charge on any atom is 0.260 e. The quantitative estimate of drug-likeness (QED) is 0.808. The van der Waals surface area contributed by atoms with E-state index in [9.17, 15) is 4.79 Å². The van der Waals surface area contributed by atoms with Gasteiger partial charge in [0.15, 0.2) is 6.10 Å². The van der Waals surface area contributed by atoms with Crippen molar-refractivity contribution in [3.63, 3.8) is 0 Å². The van der Waals surface area contributed by atoms with E-state index in [2.05, 4.69) is 5.32 Å². The number of carbonyl (C=O) groups excluding carboxylic acids is 1. The Hall–Kier alpha value is -2.04. The van der Waals surface area contributed by atoms with E-state index in [1.54, 1.807) is 13.0 Å². The van der Waals surface area contributed by atoms with Crippen molar-refractivity contribution < 1.29 is 14.6 Å². The number of amides is 1. The summed E-state index contributed by atoms with van der Waals surface area (Å²) < 4.78 is 5.65. The van der Waals surface area contributed by atoms with Crippen molar-refractivity contribution in [2.24, 2.45) is 0 Å². The van der Waals surface area contributed by atoms with Crippen molar-refractivity contribution in [2.75, 3.05) is 6.54 Å². The third kappa shape index (κ3) is 5.25. The van der Waals surface area contributed by atoms with Crippen LogP contribution < -0.4 is 10.1 Å². The normalized spacial score (nSPS) is 11.8. The van der Waals surface area contributed by atoms with Gasteiger partial charge in [-0.1, -0.05) is 41.9 Å². The summed E-state index contributed by atoms with van der Waals surface area (Å²) in [6, 6.07) is 13.1. The molecule has 1 unspecified atom stereocenters. The lowest BCUT2D eigenvalue weighted by Crippen LogP contribution is -2.37. The molecule has 0 aliphatic carbocycles. The molecule has 1 amide bonds. The number of nitrogens with one attached hydrogen (secondary N) is 1. The molecule has 0 aromatic heterocycles. The zero-order valence-electron chi connectivity index (χ0n) is 13.9. The van der Waals surface area contributed by atoms with Gasteiger partial charge in [0.1, 0.15) is 5.75 Å². The van der Waals surface area contributed by atoms with Crippen molar-refractivity contribution in [3.05, 3.63) is 64.2 Å². The number of benzene rings is 2. The Balaban J connectivity index is 1.81. The minimum Gasteiger partial charge on any atom is -0.479 e. The maximum absolute atomic E-state index is 12.1. The minimum atomic E-state index is -0.624. The lowest BCUT2D eigenvalue weighted by Gasteiger charge is -2.16. The van der Waals surface area contributed by atoms with Crippen LogP contribution in [-0.2, 0) is 17.8 Å². The Morgan fingerprint density at radius 1 is 1.21 bits per heavy atom. The molecule has 0 aliphatic heterocycles. The number of halogens is 1. The standard InChI is InChI=1S/C19H22ClNO3/c1-13-3-8-17(20)18(11-13)24-14(2)19(23)21-10-9-15-4-6-16(12-22)7-5-15/h3-8,11,14,22H,9-10,12H2,1-2H3,(H,21,23). The molecule has 2 rings (SSSR count).